The van der Waals surface area contributed by atoms with E-state index in [1.807, 2.05) is 6.07 Å². The van der Waals surface area contributed by atoms with Crippen molar-refractivity contribution in [2.45, 2.75) is 24.4 Å². The monoisotopic (exact) mass is 420 g/mol. The Morgan fingerprint density at radius 1 is 1.31 bits per heavy atom. The third-order valence-electron chi connectivity index (χ3n) is 4.62. The molecule has 154 valence electrons. The second kappa shape index (κ2) is 8.26. The summed E-state index contributed by atoms with van der Waals surface area (Å²) < 4.78 is 10.3. The van der Waals surface area contributed by atoms with Gasteiger partial charge in [0.15, 0.2) is 0 Å². The van der Waals surface area contributed by atoms with E-state index in [-0.39, 0.29) is 24.5 Å². The average Bonchev–Trinajstić information content (AvgIpc) is 2.69. The summed E-state index contributed by atoms with van der Waals surface area (Å²) in [6.45, 7) is 0.994. The molecule has 1 fully saturated rings. The Kier molecular flexibility index (Phi) is 5.94. The number of carboxylic acids is 1. The van der Waals surface area contributed by atoms with E-state index in [1.54, 1.807) is 24.3 Å². The highest BCUT2D eigenvalue weighted by molar-refractivity contribution is 8.00. The number of ether oxygens (including phenoxy) is 2. The molecule has 0 aliphatic carbocycles. The lowest BCUT2D eigenvalue weighted by molar-refractivity contribution is -0.192. The fourth-order valence-corrected chi connectivity index (χ4v) is 4.70. The number of carbonyl (C=O) groups excluding carboxylic acids is 3. The number of hydrogen-bond donors (Lipinski definition) is 2. The number of nitrogens with one attached hydrogen (secondary N) is 1. The summed E-state index contributed by atoms with van der Waals surface area (Å²) in [6, 6.07) is 9.01. The number of thioether (sulfide) groups is 1. The highest BCUT2D eigenvalue weighted by Crippen LogP contribution is 2.46. The third kappa shape index (κ3) is 3.85. The number of carboxylic acid groups (broad SMARTS) is 1. The topological polar surface area (TPSA) is 122 Å². The molecule has 3 rings (SSSR count). The van der Waals surface area contributed by atoms with Crippen molar-refractivity contribution < 1.29 is 33.8 Å². The van der Waals surface area contributed by atoms with Gasteiger partial charge in [-0.15, -0.1) is 11.8 Å². The van der Waals surface area contributed by atoms with Gasteiger partial charge in [-0.25, -0.2) is 4.79 Å². The number of fused-ring (bicyclic) bond motifs is 1. The van der Waals surface area contributed by atoms with Crippen LogP contribution in [0.5, 0.6) is 0 Å². The zero-order valence-electron chi connectivity index (χ0n) is 15.8. The summed E-state index contributed by atoms with van der Waals surface area (Å²) in [4.78, 5) is 49.3. The molecule has 0 aromatic heterocycles. The van der Waals surface area contributed by atoms with Crippen molar-refractivity contribution in [2.75, 3.05) is 19.5 Å². The van der Waals surface area contributed by atoms with E-state index in [2.05, 4.69) is 5.32 Å². The van der Waals surface area contributed by atoms with Crippen LogP contribution in [0.3, 0.4) is 0 Å². The molecule has 9 nitrogen and oxygen atoms in total. The predicted octanol–water partition coefficient (Wildman–Crippen LogP) is 0.505. The van der Waals surface area contributed by atoms with Gasteiger partial charge in [-0.1, -0.05) is 30.3 Å². The van der Waals surface area contributed by atoms with Gasteiger partial charge in [-0.05, 0) is 5.56 Å². The maximum Gasteiger partial charge on any atom is 0.352 e. The second-order valence-electron chi connectivity index (χ2n) is 6.53. The molecule has 1 aromatic carbocycles. The first-order chi connectivity index (χ1) is 13.8. The Morgan fingerprint density at radius 3 is 2.59 bits per heavy atom. The molecule has 1 unspecified atom stereocenters. The van der Waals surface area contributed by atoms with Crippen molar-refractivity contribution in [2.24, 2.45) is 0 Å². The summed E-state index contributed by atoms with van der Waals surface area (Å²) >= 11 is 1.23. The largest absolute Gasteiger partial charge is 0.477 e. The second-order valence-corrected chi connectivity index (χ2v) is 7.59. The number of benzene rings is 1. The molecule has 0 bridgehead atoms. The molecule has 1 aromatic rings. The van der Waals surface area contributed by atoms with Crippen LogP contribution in [-0.4, -0.2) is 64.3 Å². The minimum atomic E-state index is -1.65. The number of nitrogens with zero attached hydrogens (tertiary/aromatic N) is 1. The van der Waals surface area contributed by atoms with Gasteiger partial charge in [0.2, 0.25) is 5.91 Å². The molecular weight excluding hydrogens is 400 g/mol. The van der Waals surface area contributed by atoms with E-state index < -0.39 is 34.9 Å². The van der Waals surface area contributed by atoms with Gasteiger partial charge < -0.3 is 19.9 Å². The van der Waals surface area contributed by atoms with E-state index >= 15 is 0 Å². The van der Waals surface area contributed by atoms with Crippen molar-refractivity contribution in [3.8, 4) is 0 Å². The first kappa shape index (κ1) is 20.9. The van der Waals surface area contributed by atoms with Gasteiger partial charge in [-0.3, -0.25) is 19.3 Å². The predicted molar refractivity (Wildman–Crippen MR) is 102 cm³/mol. The van der Waals surface area contributed by atoms with Crippen LogP contribution in [0.2, 0.25) is 0 Å². The molecule has 2 aliphatic rings. The number of amides is 2. The smallest absolute Gasteiger partial charge is 0.352 e. The fourth-order valence-electron chi connectivity index (χ4n) is 3.28. The van der Waals surface area contributed by atoms with Gasteiger partial charge in [0.05, 0.1) is 6.42 Å². The number of aliphatic carboxylic acids is 1. The highest BCUT2D eigenvalue weighted by Gasteiger charge is 2.66. The molecule has 2 atom stereocenters. The highest BCUT2D eigenvalue weighted by atomic mass is 32.2. The molecule has 29 heavy (non-hydrogen) atoms. The number of β-lactam (4-membered cyclic amide) rings is 1. The van der Waals surface area contributed by atoms with Crippen LogP contribution in [0, 0.1) is 0 Å². The third-order valence-corrected chi connectivity index (χ3v) is 5.99. The van der Waals surface area contributed by atoms with Gasteiger partial charge >= 0.3 is 11.9 Å². The Hall–Kier alpha value is -2.85. The van der Waals surface area contributed by atoms with Crippen LogP contribution >= 0.6 is 11.8 Å². The molecule has 2 N–H and O–H groups in total. The van der Waals surface area contributed by atoms with E-state index in [9.17, 15) is 24.3 Å². The molecule has 2 amide bonds. The van der Waals surface area contributed by atoms with Crippen LogP contribution in [-0.2, 0) is 35.1 Å². The number of rotatable bonds is 7. The van der Waals surface area contributed by atoms with Gasteiger partial charge in [0.1, 0.15) is 17.7 Å². The molecule has 0 spiro atoms. The summed E-state index contributed by atoms with van der Waals surface area (Å²) in [5.74, 6) is -2.76. The van der Waals surface area contributed by atoms with Gasteiger partial charge in [0, 0.05) is 25.4 Å². The Labute approximate surface area is 171 Å². The lowest BCUT2D eigenvalue weighted by Gasteiger charge is -2.55. The summed E-state index contributed by atoms with van der Waals surface area (Å²) in [5, 5.41) is 11.5. The SMILES string of the molecule is COC1(NC(=O)Cc2ccccc2)C(=O)N2C(C(=O)O)=C(COC(C)=O)CS[C@@H]21. The Morgan fingerprint density at radius 2 is 2.00 bits per heavy atom. The Bertz CT molecular complexity index is 886. The molecule has 2 aliphatic heterocycles. The van der Waals surface area contributed by atoms with Crippen LogP contribution in [0.25, 0.3) is 0 Å². The van der Waals surface area contributed by atoms with Gasteiger partial charge in [0.25, 0.3) is 11.6 Å². The summed E-state index contributed by atoms with van der Waals surface area (Å²) in [6.07, 6.45) is 0.0515. The van der Waals surface area contributed by atoms with E-state index in [0.717, 1.165) is 10.5 Å². The maximum atomic E-state index is 12.9. The van der Waals surface area contributed by atoms with Crippen molar-refractivity contribution in [1.82, 2.24) is 10.2 Å². The number of hydrogen-bond acceptors (Lipinski definition) is 7. The van der Waals surface area contributed by atoms with Crippen molar-refractivity contribution in [3.05, 3.63) is 47.2 Å². The van der Waals surface area contributed by atoms with Crippen LogP contribution in [0.1, 0.15) is 12.5 Å². The molecule has 2 heterocycles. The lowest BCUT2D eigenvalue weighted by Crippen LogP contribution is -2.80. The summed E-state index contributed by atoms with van der Waals surface area (Å²) in [5.41, 5.74) is -0.817. The molecule has 10 heteroatoms. The lowest BCUT2D eigenvalue weighted by atomic mass is 9.97. The summed E-state index contributed by atoms with van der Waals surface area (Å²) in [7, 11) is 1.29. The molecule has 0 radical (unpaired) electrons. The van der Waals surface area contributed by atoms with Crippen molar-refractivity contribution >= 4 is 35.5 Å². The number of carbonyl (C=O) groups is 4. The minimum absolute atomic E-state index is 0.0515. The van der Waals surface area contributed by atoms with E-state index in [1.165, 1.54) is 25.8 Å². The zero-order valence-corrected chi connectivity index (χ0v) is 16.7. The molecular formula is C19H20N2O7S. The van der Waals surface area contributed by atoms with E-state index in [0.29, 0.717) is 5.57 Å². The normalized spacial score (nSPS) is 23.2. The minimum Gasteiger partial charge on any atom is -0.477 e. The first-order valence-corrected chi connectivity index (χ1v) is 9.79. The molecule has 1 saturated heterocycles. The van der Waals surface area contributed by atoms with Crippen LogP contribution in [0.15, 0.2) is 41.6 Å². The van der Waals surface area contributed by atoms with E-state index in [4.69, 9.17) is 9.47 Å². The Balaban J connectivity index is 1.80. The first-order valence-electron chi connectivity index (χ1n) is 8.74. The van der Waals surface area contributed by atoms with Crippen LogP contribution in [0.4, 0.5) is 0 Å². The number of methoxy groups -OCH3 is 1. The van der Waals surface area contributed by atoms with Crippen molar-refractivity contribution in [1.29, 1.82) is 0 Å². The number of esters is 1. The van der Waals surface area contributed by atoms with Crippen molar-refractivity contribution in [3.63, 3.8) is 0 Å². The zero-order chi connectivity index (χ0) is 21.2. The van der Waals surface area contributed by atoms with Crippen LogP contribution < -0.4 is 5.32 Å². The average molecular weight is 420 g/mol. The molecule has 0 saturated carbocycles. The van der Waals surface area contributed by atoms with Gasteiger partial charge in [-0.2, -0.15) is 0 Å². The quantitative estimate of drug-likeness (QED) is 0.372. The maximum absolute atomic E-state index is 12.9. The fraction of sp³-hybridized carbons (Fsp3) is 0.368. The standard InChI is InChI=1S/C19H20N2O7S/c1-11(22)28-9-13-10-29-18-19(27-2,17(26)21(18)15(13)16(24)25)20-14(23)8-12-6-4-3-5-7-12/h3-7,18H,8-10H2,1-2H3,(H,20,23)(H,24,25)/t18-,19?/m1/s1.